The van der Waals surface area contributed by atoms with Gasteiger partial charge in [-0.3, -0.25) is 9.59 Å². The molecule has 0 spiro atoms. The average molecular weight is 313 g/mol. The topological polar surface area (TPSA) is 66.4 Å². The van der Waals surface area contributed by atoms with Crippen LogP contribution in [0.15, 0.2) is 24.3 Å². The molecule has 2 N–H and O–H groups in total. The van der Waals surface area contributed by atoms with E-state index in [1.165, 1.54) is 32.1 Å². The van der Waals surface area contributed by atoms with Gasteiger partial charge in [-0.1, -0.05) is 18.2 Å². The van der Waals surface area contributed by atoms with Crippen molar-refractivity contribution in [3.05, 3.63) is 29.8 Å². The Morgan fingerprint density at radius 1 is 1.00 bits per heavy atom. The van der Waals surface area contributed by atoms with Crippen molar-refractivity contribution in [1.82, 2.24) is 0 Å². The summed E-state index contributed by atoms with van der Waals surface area (Å²) in [4.78, 5) is 23.9. The average Bonchev–Trinajstić information content (AvgIpc) is 2.47. The molecule has 4 fully saturated rings. The summed E-state index contributed by atoms with van der Waals surface area (Å²) in [5.74, 6) is 2.14. The van der Waals surface area contributed by atoms with Gasteiger partial charge in [0.05, 0.1) is 6.42 Å². The van der Waals surface area contributed by atoms with Gasteiger partial charge in [0.2, 0.25) is 5.91 Å². The zero-order chi connectivity index (χ0) is 16.0. The van der Waals surface area contributed by atoms with Gasteiger partial charge >= 0.3 is 5.97 Å². The minimum atomic E-state index is -0.874. The molecule has 122 valence electrons. The van der Waals surface area contributed by atoms with E-state index in [2.05, 4.69) is 5.32 Å². The lowest BCUT2D eigenvalue weighted by Gasteiger charge is -2.53. The van der Waals surface area contributed by atoms with Gasteiger partial charge < -0.3 is 10.4 Å². The maximum Gasteiger partial charge on any atom is 0.307 e. The van der Waals surface area contributed by atoms with Crippen molar-refractivity contribution in [3.63, 3.8) is 0 Å². The minimum absolute atomic E-state index is 0.0574. The second-order valence-electron chi connectivity index (χ2n) is 7.67. The molecule has 0 saturated heterocycles. The number of amides is 1. The molecular weight excluding hydrogens is 290 g/mol. The van der Waals surface area contributed by atoms with Crippen LogP contribution in [0.3, 0.4) is 0 Å². The third-order valence-electron chi connectivity index (χ3n) is 6.15. The van der Waals surface area contributed by atoms with Gasteiger partial charge in [0.25, 0.3) is 0 Å². The summed E-state index contributed by atoms with van der Waals surface area (Å²) in [5.41, 5.74) is 1.34. The molecule has 0 aliphatic heterocycles. The number of para-hydroxylation sites is 1. The number of hydrogen-bond acceptors (Lipinski definition) is 2. The quantitative estimate of drug-likeness (QED) is 0.896. The number of benzene rings is 1. The van der Waals surface area contributed by atoms with E-state index >= 15 is 0 Å². The molecule has 1 amide bonds. The molecule has 4 aliphatic rings. The minimum Gasteiger partial charge on any atom is -0.481 e. The van der Waals surface area contributed by atoms with Crippen molar-refractivity contribution in [1.29, 1.82) is 0 Å². The normalized spacial score (nSPS) is 34.3. The first-order valence-corrected chi connectivity index (χ1v) is 8.70. The molecule has 1 aromatic rings. The van der Waals surface area contributed by atoms with Crippen LogP contribution in [-0.4, -0.2) is 17.0 Å². The molecule has 5 rings (SSSR count). The molecule has 1 aromatic carbocycles. The van der Waals surface area contributed by atoms with Crippen LogP contribution in [-0.2, 0) is 16.0 Å². The number of hydrogen-bond donors (Lipinski definition) is 2. The van der Waals surface area contributed by atoms with E-state index in [4.69, 9.17) is 5.11 Å². The molecule has 4 heteroatoms. The standard InChI is InChI=1S/C19H23NO3/c21-17(22)10-13-3-1-2-4-16(13)20-19(23)18-14-6-11-5-12(8-14)9-15(18)7-11/h1-4,11-12,14-15,18H,5-10H2,(H,20,23)(H,21,22). The summed E-state index contributed by atoms with van der Waals surface area (Å²) in [6.45, 7) is 0. The van der Waals surface area contributed by atoms with Crippen molar-refractivity contribution < 1.29 is 14.7 Å². The number of aliphatic carboxylic acids is 1. The third kappa shape index (κ3) is 2.75. The first-order chi connectivity index (χ1) is 11.1. The predicted octanol–water partition coefficient (Wildman–Crippen LogP) is 3.32. The van der Waals surface area contributed by atoms with E-state index in [1.807, 2.05) is 18.2 Å². The van der Waals surface area contributed by atoms with E-state index < -0.39 is 5.97 Å². The summed E-state index contributed by atoms with van der Waals surface area (Å²) in [5, 5.41) is 12.1. The molecule has 0 radical (unpaired) electrons. The Balaban J connectivity index is 1.51. The molecule has 4 aliphatic carbocycles. The van der Waals surface area contributed by atoms with Gasteiger partial charge in [-0.2, -0.15) is 0 Å². The van der Waals surface area contributed by atoms with Crippen LogP contribution in [0.2, 0.25) is 0 Å². The molecular formula is C19H23NO3. The fourth-order valence-electron chi connectivity index (χ4n) is 5.53. The summed E-state index contributed by atoms with van der Waals surface area (Å²) in [6.07, 6.45) is 6.16. The van der Waals surface area contributed by atoms with Crippen molar-refractivity contribution in [2.24, 2.45) is 29.6 Å². The van der Waals surface area contributed by atoms with E-state index in [0.717, 1.165) is 11.8 Å². The number of carbonyl (C=O) groups excluding carboxylic acids is 1. The van der Waals surface area contributed by atoms with Crippen molar-refractivity contribution in [2.45, 2.75) is 38.5 Å². The van der Waals surface area contributed by atoms with Gasteiger partial charge in [-0.25, -0.2) is 0 Å². The number of carboxylic acids is 1. The number of carbonyl (C=O) groups is 2. The van der Waals surface area contributed by atoms with Crippen molar-refractivity contribution in [2.75, 3.05) is 5.32 Å². The van der Waals surface area contributed by atoms with Gasteiger partial charge in [-0.05, 0) is 67.4 Å². The van der Waals surface area contributed by atoms with Crippen molar-refractivity contribution >= 4 is 17.6 Å². The SMILES string of the molecule is O=C(O)Cc1ccccc1NC(=O)C1C2CC3CC(C2)CC1C3. The second-order valence-corrected chi connectivity index (χ2v) is 7.67. The molecule has 23 heavy (non-hydrogen) atoms. The number of nitrogens with one attached hydrogen (secondary N) is 1. The molecule has 4 nitrogen and oxygen atoms in total. The predicted molar refractivity (Wildman–Crippen MR) is 86.9 cm³/mol. The summed E-state index contributed by atoms with van der Waals surface area (Å²) >= 11 is 0. The Morgan fingerprint density at radius 3 is 2.22 bits per heavy atom. The molecule has 0 unspecified atom stereocenters. The lowest BCUT2D eigenvalue weighted by molar-refractivity contribution is -0.136. The smallest absolute Gasteiger partial charge is 0.307 e. The van der Waals surface area contributed by atoms with E-state index in [1.54, 1.807) is 6.07 Å². The Kier molecular flexibility index (Phi) is 3.63. The fourth-order valence-corrected chi connectivity index (χ4v) is 5.53. The zero-order valence-corrected chi connectivity index (χ0v) is 13.2. The Bertz CT molecular complexity index is 611. The Morgan fingerprint density at radius 2 is 1.61 bits per heavy atom. The van der Waals surface area contributed by atoms with Crippen LogP contribution in [0.5, 0.6) is 0 Å². The van der Waals surface area contributed by atoms with Crippen molar-refractivity contribution in [3.8, 4) is 0 Å². The van der Waals surface area contributed by atoms with Crippen LogP contribution >= 0.6 is 0 Å². The number of carboxylic acid groups (broad SMARTS) is 1. The van der Waals surface area contributed by atoms with Gasteiger partial charge in [0, 0.05) is 11.6 Å². The first-order valence-electron chi connectivity index (χ1n) is 8.70. The number of rotatable bonds is 4. The van der Waals surface area contributed by atoms with Gasteiger partial charge in [-0.15, -0.1) is 0 Å². The second kappa shape index (κ2) is 5.66. The van der Waals surface area contributed by atoms with E-state index in [9.17, 15) is 9.59 Å². The van der Waals surface area contributed by atoms with Gasteiger partial charge in [0.15, 0.2) is 0 Å². The number of anilines is 1. The summed E-state index contributed by atoms with van der Waals surface area (Å²) in [6, 6.07) is 7.25. The highest BCUT2D eigenvalue weighted by Gasteiger charge is 2.50. The molecule has 0 atom stereocenters. The lowest BCUT2D eigenvalue weighted by Crippen LogP contribution is -2.49. The van der Waals surface area contributed by atoms with Crippen LogP contribution in [0, 0.1) is 29.6 Å². The van der Waals surface area contributed by atoms with Crippen LogP contribution < -0.4 is 5.32 Å². The Hall–Kier alpha value is -1.84. The van der Waals surface area contributed by atoms with E-state index in [0.29, 0.717) is 23.1 Å². The lowest BCUT2D eigenvalue weighted by atomic mass is 9.51. The highest BCUT2D eigenvalue weighted by molar-refractivity contribution is 5.94. The summed E-state index contributed by atoms with van der Waals surface area (Å²) in [7, 11) is 0. The maximum atomic E-state index is 12.9. The molecule has 0 aromatic heterocycles. The molecule has 4 bridgehead atoms. The van der Waals surface area contributed by atoms with Crippen LogP contribution in [0.1, 0.15) is 37.7 Å². The fraction of sp³-hybridized carbons (Fsp3) is 0.579. The highest BCUT2D eigenvalue weighted by atomic mass is 16.4. The Labute approximate surface area is 136 Å². The maximum absolute atomic E-state index is 12.9. The monoisotopic (exact) mass is 313 g/mol. The zero-order valence-electron chi connectivity index (χ0n) is 13.2. The van der Waals surface area contributed by atoms with Crippen LogP contribution in [0.4, 0.5) is 5.69 Å². The first kappa shape index (κ1) is 14.7. The van der Waals surface area contributed by atoms with E-state index in [-0.39, 0.29) is 18.2 Å². The molecule has 4 saturated carbocycles. The summed E-state index contributed by atoms with van der Waals surface area (Å²) < 4.78 is 0. The largest absolute Gasteiger partial charge is 0.481 e. The third-order valence-corrected chi connectivity index (χ3v) is 6.15. The molecule has 0 heterocycles. The van der Waals surface area contributed by atoms with Crippen LogP contribution in [0.25, 0.3) is 0 Å². The highest BCUT2D eigenvalue weighted by Crippen LogP contribution is 2.56. The van der Waals surface area contributed by atoms with Gasteiger partial charge in [0.1, 0.15) is 0 Å².